The zero-order valence-electron chi connectivity index (χ0n) is 16.4. The molecule has 2 aromatic carbocycles. The molecule has 0 aliphatic heterocycles. The number of pyridine rings is 1. The molecule has 29 heavy (non-hydrogen) atoms. The van der Waals surface area contributed by atoms with Crippen LogP contribution >= 0.6 is 11.6 Å². The monoisotopic (exact) mass is 407 g/mol. The Bertz CT molecular complexity index is 1090. The Morgan fingerprint density at radius 1 is 1.07 bits per heavy atom. The van der Waals surface area contributed by atoms with Crippen molar-refractivity contribution >= 4 is 22.8 Å². The topological polar surface area (TPSA) is 60.0 Å². The second-order valence-corrected chi connectivity index (χ2v) is 7.26. The van der Waals surface area contributed by atoms with Gasteiger partial charge in [-0.15, -0.1) is 0 Å². The fourth-order valence-corrected chi connectivity index (χ4v) is 3.26. The maximum Gasteiger partial charge on any atom is 0.177 e. The third-order valence-electron chi connectivity index (χ3n) is 4.61. The van der Waals surface area contributed by atoms with Gasteiger partial charge in [-0.2, -0.15) is 0 Å². The molecule has 0 saturated carbocycles. The van der Waals surface area contributed by atoms with Crippen LogP contribution in [0.2, 0.25) is 5.02 Å². The number of halogens is 1. The summed E-state index contributed by atoms with van der Waals surface area (Å²) in [6, 6.07) is 18.0. The number of hydrogen-bond donors (Lipinski definition) is 1. The third-order valence-corrected chi connectivity index (χ3v) is 4.82. The van der Waals surface area contributed by atoms with E-state index in [2.05, 4.69) is 46.1 Å². The van der Waals surface area contributed by atoms with Crippen LogP contribution in [0.4, 0.5) is 0 Å². The minimum absolute atomic E-state index is 0.320. The van der Waals surface area contributed by atoms with Crippen molar-refractivity contribution in [3.8, 4) is 5.75 Å². The molecule has 2 heterocycles. The van der Waals surface area contributed by atoms with Gasteiger partial charge in [0.1, 0.15) is 24.3 Å². The lowest BCUT2D eigenvalue weighted by atomic mass is 10.1. The maximum absolute atomic E-state index is 6.03. The number of ether oxygens (including phenoxy) is 2. The molecule has 0 aliphatic rings. The number of imidazole rings is 1. The van der Waals surface area contributed by atoms with Crippen molar-refractivity contribution in [2.24, 2.45) is 0 Å². The van der Waals surface area contributed by atoms with Crippen LogP contribution in [0.15, 0.2) is 60.8 Å². The van der Waals surface area contributed by atoms with E-state index in [9.17, 15) is 0 Å². The lowest BCUT2D eigenvalue weighted by Crippen LogP contribution is -2.08. The fraction of sp³-hybridized carbons (Fsp3) is 0.217. The summed E-state index contributed by atoms with van der Waals surface area (Å²) in [5.74, 6) is 1.51. The van der Waals surface area contributed by atoms with Gasteiger partial charge >= 0.3 is 0 Å². The largest absolute Gasteiger partial charge is 0.489 e. The van der Waals surface area contributed by atoms with Crippen molar-refractivity contribution in [3.63, 3.8) is 0 Å². The Balaban J connectivity index is 1.51. The quantitative estimate of drug-likeness (QED) is 0.431. The minimum atomic E-state index is -0.320. The fourth-order valence-electron chi connectivity index (χ4n) is 3.11. The van der Waals surface area contributed by atoms with Crippen molar-refractivity contribution in [2.75, 3.05) is 6.61 Å². The molecular weight excluding hydrogens is 386 g/mol. The molecule has 0 saturated heterocycles. The third kappa shape index (κ3) is 4.58. The summed E-state index contributed by atoms with van der Waals surface area (Å²) in [6.07, 6.45) is 1.27. The molecule has 4 rings (SSSR count). The van der Waals surface area contributed by atoms with Crippen LogP contribution in [0.3, 0.4) is 0 Å². The molecule has 0 fully saturated rings. The minimum Gasteiger partial charge on any atom is -0.489 e. The molecule has 4 aromatic rings. The molecule has 1 atom stereocenters. The highest BCUT2D eigenvalue weighted by molar-refractivity contribution is 6.31. The van der Waals surface area contributed by atoms with E-state index in [1.54, 1.807) is 6.20 Å². The van der Waals surface area contributed by atoms with Gasteiger partial charge in [-0.1, -0.05) is 53.6 Å². The zero-order chi connectivity index (χ0) is 20.2. The molecule has 6 heteroatoms. The number of hydrogen-bond acceptors (Lipinski definition) is 4. The first-order valence-electron chi connectivity index (χ1n) is 9.53. The van der Waals surface area contributed by atoms with Crippen molar-refractivity contribution in [2.45, 2.75) is 26.6 Å². The number of benzene rings is 2. The molecular formula is C23H22ClN3O2. The van der Waals surface area contributed by atoms with Crippen LogP contribution in [0.1, 0.15) is 35.5 Å². The summed E-state index contributed by atoms with van der Waals surface area (Å²) in [6.45, 7) is 5.13. The lowest BCUT2D eigenvalue weighted by Gasteiger charge is -2.16. The summed E-state index contributed by atoms with van der Waals surface area (Å²) in [5.41, 5.74) is 4.77. The molecule has 2 aromatic heterocycles. The Morgan fingerprint density at radius 2 is 1.83 bits per heavy atom. The van der Waals surface area contributed by atoms with Crippen molar-refractivity contribution in [3.05, 3.63) is 88.3 Å². The van der Waals surface area contributed by atoms with E-state index < -0.39 is 0 Å². The number of aryl methyl sites for hydroxylation is 1. The highest BCUT2D eigenvalue weighted by Gasteiger charge is 2.19. The van der Waals surface area contributed by atoms with Gasteiger partial charge in [0, 0.05) is 12.8 Å². The first-order chi connectivity index (χ1) is 14.1. The van der Waals surface area contributed by atoms with E-state index in [0.29, 0.717) is 29.7 Å². The van der Waals surface area contributed by atoms with Gasteiger partial charge in [-0.05, 0) is 43.2 Å². The molecule has 148 valence electrons. The van der Waals surface area contributed by atoms with E-state index in [1.807, 2.05) is 37.3 Å². The summed E-state index contributed by atoms with van der Waals surface area (Å²) in [7, 11) is 0. The van der Waals surface area contributed by atoms with E-state index in [-0.39, 0.29) is 6.10 Å². The maximum atomic E-state index is 6.03. The average Bonchev–Trinajstić information content (AvgIpc) is 3.15. The molecule has 0 amide bonds. The van der Waals surface area contributed by atoms with Crippen molar-refractivity contribution in [1.29, 1.82) is 0 Å². The smallest absolute Gasteiger partial charge is 0.177 e. The predicted octanol–water partition coefficient (Wildman–Crippen LogP) is 5.62. The van der Waals surface area contributed by atoms with Crippen molar-refractivity contribution in [1.82, 2.24) is 15.0 Å². The Labute approximate surface area is 174 Å². The first kappa shape index (κ1) is 19.4. The van der Waals surface area contributed by atoms with Gasteiger partial charge in [0.25, 0.3) is 0 Å². The van der Waals surface area contributed by atoms with E-state index >= 15 is 0 Å². The second kappa shape index (κ2) is 8.64. The van der Waals surface area contributed by atoms with Crippen LogP contribution in [0.5, 0.6) is 5.75 Å². The Hall–Kier alpha value is -2.89. The van der Waals surface area contributed by atoms with Gasteiger partial charge in [0.05, 0.1) is 10.5 Å². The summed E-state index contributed by atoms with van der Waals surface area (Å²) in [5, 5.41) is 0.565. The van der Waals surface area contributed by atoms with Crippen LogP contribution in [-0.4, -0.2) is 21.6 Å². The Morgan fingerprint density at radius 3 is 2.55 bits per heavy atom. The number of fused-ring (bicyclic) bond motifs is 1. The average molecular weight is 408 g/mol. The number of aromatic nitrogens is 3. The molecule has 0 radical (unpaired) electrons. The second-order valence-electron chi connectivity index (χ2n) is 6.83. The predicted molar refractivity (Wildman–Crippen MR) is 114 cm³/mol. The lowest BCUT2D eigenvalue weighted by molar-refractivity contribution is 0.0859. The summed E-state index contributed by atoms with van der Waals surface area (Å²) >= 11 is 6.03. The van der Waals surface area contributed by atoms with Gasteiger partial charge in [-0.3, -0.25) is 0 Å². The van der Waals surface area contributed by atoms with Crippen LogP contribution < -0.4 is 4.74 Å². The molecule has 1 N–H and O–H groups in total. The molecule has 1 unspecified atom stereocenters. The van der Waals surface area contributed by atoms with Crippen molar-refractivity contribution < 1.29 is 9.47 Å². The SMILES string of the molecule is CCOC(c1ccc(OCc2ccc(C)cc2)cc1)c1nc2ncc(Cl)cc2[nH]1. The number of aromatic amines is 1. The number of nitrogens with zero attached hydrogens (tertiary/aromatic N) is 2. The Kier molecular flexibility index (Phi) is 5.79. The van der Waals surface area contributed by atoms with Gasteiger partial charge in [0.15, 0.2) is 5.65 Å². The molecule has 5 nitrogen and oxygen atoms in total. The van der Waals surface area contributed by atoms with E-state index in [1.165, 1.54) is 5.56 Å². The van der Waals surface area contributed by atoms with Gasteiger partial charge < -0.3 is 14.5 Å². The van der Waals surface area contributed by atoms with Crippen LogP contribution in [0.25, 0.3) is 11.2 Å². The summed E-state index contributed by atoms with van der Waals surface area (Å²) in [4.78, 5) is 12.1. The molecule has 0 aliphatic carbocycles. The molecule has 0 spiro atoms. The van der Waals surface area contributed by atoms with E-state index in [0.717, 1.165) is 22.4 Å². The van der Waals surface area contributed by atoms with Crippen LogP contribution in [-0.2, 0) is 11.3 Å². The number of nitrogens with one attached hydrogen (secondary N) is 1. The highest BCUT2D eigenvalue weighted by atomic mass is 35.5. The summed E-state index contributed by atoms with van der Waals surface area (Å²) < 4.78 is 11.9. The first-order valence-corrected chi connectivity index (χ1v) is 9.91. The van der Waals surface area contributed by atoms with E-state index in [4.69, 9.17) is 21.1 Å². The number of rotatable bonds is 7. The zero-order valence-corrected chi connectivity index (χ0v) is 17.1. The standard InChI is InChI=1S/C23H22ClN3O2/c1-3-28-21(23-26-20-12-18(24)13-25-22(20)27-23)17-8-10-19(11-9-17)29-14-16-6-4-15(2)5-7-16/h4-13,21H,3,14H2,1-2H3,(H,25,26,27). The normalized spacial score (nSPS) is 12.2. The van der Waals surface area contributed by atoms with Gasteiger partial charge in [0.2, 0.25) is 0 Å². The van der Waals surface area contributed by atoms with Crippen LogP contribution in [0, 0.1) is 6.92 Å². The molecule has 0 bridgehead atoms. The number of H-pyrrole nitrogens is 1. The van der Waals surface area contributed by atoms with Gasteiger partial charge in [-0.25, -0.2) is 9.97 Å². The highest BCUT2D eigenvalue weighted by Crippen LogP contribution is 2.28.